The lowest BCUT2D eigenvalue weighted by Gasteiger charge is -2.09. The van der Waals surface area contributed by atoms with E-state index in [2.05, 4.69) is 20.6 Å². The van der Waals surface area contributed by atoms with Crippen LogP contribution in [-0.2, 0) is 0 Å². The number of aromatic nitrogens is 2. The summed E-state index contributed by atoms with van der Waals surface area (Å²) < 4.78 is 0. The molecule has 0 unspecified atom stereocenters. The SMILES string of the molecule is Cc1ccc(Nc2ccc(C(=O)Nc3cccc4cccnc34)nc2)cc1Cl. The molecule has 0 atom stereocenters. The normalized spacial score (nSPS) is 10.6. The van der Waals surface area contributed by atoms with Gasteiger partial charge in [0.25, 0.3) is 5.91 Å². The number of para-hydroxylation sites is 1. The topological polar surface area (TPSA) is 66.9 Å². The van der Waals surface area contributed by atoms with E-state index in [0.717, 1.165) is 27.8 Å². The van der Waals surface area contributed by atoms with Crippen LogP contribution in [0.15, 0.2) is 73.1 Å². The molecule has 6 heteroatoms. The molecule has 0 spiro atoms. The number of rotatable bonds is 4. The third kappa shape index (κ3) is 3.80. The first-order chi connectivity index (χ1) is 13.6. The summed E-state index contributed by atoms with van der Waals surface area (Å²) in [5.74, 6) is -0.289. The summed E-state index contributed by atoms with van der Waals surface area (Å²) in [5.41, 5.74) is 4.36. The molecule has 138 valence electrons. The smallest absolute Gasteiger partial charge is 0.274 e. The van der Waals surface area contributed by atoms with Crippen LogP contribution in [0.3, 0.4) is 0 Å². The lowest BCUT2D eigenvalue weighted by Crippen LogP contribution is -2.14. The Bertz CT molecular complexity index is 1150. The lowest BCUT2D eigenvalue weighted by atomic mass is 10.2. The molecule has 0 aliphatic heterocycles. The van der Waals surface area contributed by atoms with Crippen LogP contribution in [0, 0.1) is 6.92 Å². The van der Waals surface area contributed by atoms with E-state index in [9.17, 15) is 4.79 Å². The molecular formula is C22H17ClN4O. The van der Waals surface area contributed by atoms with Gasteiger partial charge in [0.2, 0.25) is 0 Å². The Balaban J connectivity index is 1.50. The first-order valence-electron chi connectivity index (χ1n) is 8.74. The number of carbonyl (C=O) groups is 1. The van der Waals surface area contributed by atoms with Crippen LogP contribution in [0.4, 0.5) is 17.1 Å². The van der Waals surface area contributed by atoms with Crippen LogP contribution in [-0.4, -0.2) is 15.9 Å². The fourth-order valence-corrected chi connectivity index (χ4v) is 3.01. The van der Waals surface area contributed by atoms with Gasteiger partial charge in [-0.1, -0.05) is 35.9 Å². The molecule has 1 amide bonds. The standard InChI is InChI=1S/C22H17ClN4O/c1-14-7-8-16(12-18(14)23)26-17-9-10-20(25-13-17)22(28)27-19-6-2-4-15-5-3-11-24-21(15)19/h2-13,26H,1H3,(H,27,28). The minimum atomic E-state index is -0.289. The largest absolute Gasteiger partial charge is 0.354 e. The molecule has 0 saturated heterocycles. The summed E-state index contributed by atoms with van der Waals surface area (Å²) in [6, 6.07) is 18.7. The quantitative estimate of drug-likeness (QED) is 0.478. The molecule has 0 fully saturated rings. The Kier molecular flexibility index (Phi) is 4.91. The van der Waals surface area contributed by atoms with Crippen LogP contribution in [0.1, 0.15) is 16.1 Å². The van der Waals surface area contributed by atoms with E-state index in [1.54, 1.807) is 24.5 Å². The van der Waals surface area contributed by atoms with Gasteiger partial charge in [-0.3, -0.25) is 9.78 Å². The first kappa shape index (κ1) is 17.9. The van der Waals surface area contributed by atoms with Crippen LogP contribution < -0.4 is 10.6 Å². The van der Waals surface area contributed by atoms with E-state index in [-0.39, 0.29) is 5.91 Å². The number of pyridine rings is 2. The highest BCUT2D eigenvalue weighted by atomic mass is 35.5. The number of aryl methyl sites for hydroxylation is 1. The molecule has 0 saturated carbocycles. The molecule has 2 aromatic carbocycles. The van der Waals surface area contributed by atoms with E-state index in [1.165, 1.54) is 0 Å². The molecule has 0 aliphatic rings. The van der Waals surface area contributed by atoms with Gasteiger partial charge in [-0.25, -0.2) is 4.98 Å². The maximum absolute atomic E-state index is 12.6. The number of nitrogens with one attached hydrogen (secondary N) is 2. The van der Waals surface area contributed by atoms with Gasteiger partial charge < -0.3 is 10.6 Å². The number of fused-ring (bicyclic) bond motifs is 1. The highest BCUT2D eigenvalue weighted by Crippen LogP contribution is 2.24. The predicted octanol–water partition coefficient (Wildman–Crippen LogP) is 5.59. The third-order valence-corrected chi connectivity index (χ3v) is 4.74. The van der Waals surface area contributed by atoms with Gasteiger partial charge in [0.15, 0.2) is 0 Å². The van der Waals surface area contributed by atoms with E-state index in [4.69, 9.17) is 11.6 Å². The molecule has 5 nitrogen and oxygen atoms in total. The zero-order valence-electron chi connectivity index (χ0n) is 15.1. The number of nitrogens with zero attached hydrogens (tertiary/aromatic N) is 2. The summed E-state index contributed by atoms with van der Waals surface area (Å²) >= 11 is 6.15. The van der Waals surface area contributed by atoms with Gasteiger partial charge in [-0.05, 0) is 48.9 Å². The third-order valence-electron chi connectivity index (χ3n) is 4.34. The molecule has 4 rings (SSSR count). The van der Waals surface area contributed by atoms with E-state index in [1.807, 2.05) is 55.5 Å². The molecule has 2 aromatic heterocycles. The Hall–Kier alpha value is -3.44. The summed E-state index contributed by atoms with van der Waals surface area (Å²) in [4.78, 5) is 21.2. The van der Waals surface area contributed by atoms with Crippen LogP contribution in [0.2, 0.25) is 5.02 Å². The van der Waals surface area contributed by atoms with Crippen LogP contribution in [0.5, 0.6) is 0 Å². The van der Waals surface area contributed by atoms with E-state index < -0.39 is 0 Å². The Morgan fingerprint density at radius 1 is 0.964 bits per heavy atom. The molecule has 0 bridgehead atoms. The number of hydrogen-bond donors (Lipinski definition) is 2. The average molecular weight is 389 g/mol. The van der Waals surface area contributed by atoms with Crippen molar-refractivity contribution < 1.29 is 4.79 Å². The van der Waals surface area contributed by atoms with Crippen LogP contribution >= 0.6 is 11.6 Å². The number of anilines is 3. The zero-order chi connectivity index (χ0) is 19.5. The molecule has 0 aliphatic carbocycles. The Labute approximate surface area is 167 Å². The number of hydrogen-bond acceptors (Lipinski definition) is 4. The number of amides is 1. The van der Waals surface area contributed by atoms with Crippen molar-refractivity contribution in [1.82, 2.24) is 9.97 Å². The molecule has 28 heavy (non-hydrogen) atoms. The summed E-state index contributed by atoms with van der Waals surface area (Å²) in [6.07, 6.45) is 3.32. The molecule has 4 aromatic rings. The van der Waals surface area contributed by atoms with Gasteiger partial charge >= 0.3 is 0 Å². The fourth-order valence-electron chi connectivity index (χ4n) is 2.83. The number of halogens is 1. The Morgan fingerprint density at radius 3 is 2.57 bits per heavy atom. The molecule has 0 radical (unpaired) electrons. The van der Waals surface area contributed by atoms with Gasteiger partial charge in [0, 0.05) is 22.3 Å². The van der Waals surface area contributed by atoms with Crippen molar-refractivity contribution in [1.29, 1.82) is 0 Å². The van der Waals surface area contributed by atoms with E-state index >= 15 is 0 Å². The van der Waals surface area contributed by atoms with Crippen molar-refractivity contribution in [3.05, 3.63) is 89.3 Å². The van der Waals surface area contributed by atoms with Crippen molar-refractivity contribution in [3.8, 4) is 0 Å². The summed E-state index contributed by atoms with van der Waals surface area (Å²) in [7, 11) is 0. The van der Waals surface area contributed by atoms with Gasteiger partial charge in [0.1, 0.15) is 5.69 Å². The second-order valence-corrected chi connectivity index (χ2v) is 6.76. The molecular weight excluding hydrogens is 372 g/mol. The fraction of sp³-hybridized carbons (Fsp3) is 0.0455. The summed E-state index contributed by atoms with van der Waals surface area (Å²) in [5, 5.41) is 7.76. The van der Waals surface area contributed by atoms with Gasteiger partial charge in [-0.15, -0.1) is 0 Å². The zero-order valence-corrected chi connectivity index (χ0v) is 15.9. The molecule has 2 heterocycles. The van der Waals surface area contributed by atoms with Crippen molar-refractivity contribution in [2.75, 3.05) is 10.6 Å². The van der Waals surface area contributed by atoms with Crippen molar-refractivity contribution in [3.63, 3.8) is 0 Å². The number of benzene rings is 2. The van der Waals surface area contributed by atoms with E-state index in [0.29, 0.717) is 16.4 Å². The minimum absolute atomic E-state index is 0.289. The number of carbonyl (C=O) groups excluding carboxylic acids is 1. The van der Waals surface area contributed by atoms with Crippen molar-refractivity contribution in [2.24, 2.45) is 0 Å². The highest BCUT2D eigenvalue weighted by molar-refractivity contribution is 6.31. The van der Waals surface area contributed by atoms with Gasteiger partial charge in [-0.2, -0.15) is 0 Å². The molecule has 2 N–H and O–H groups in total. The monoisotopic (exact) mass is 388 g/mol. The average Bonchev–Trinajstić information content (AvgIpc) is 2.71. The predicted molar refractivity (Wildman–Crippen MR) is 113 cm³/mol. The first-order valence-corrected chi connectivity index (χ1v) is 9.12. The second kappa shape index (κ2) is 7.66. The summed E-state index contributed by atoms with van der Waals surface area (Å²) in [6.45, 7) is 1.95. The lowest BCUT2D eigenvalue weighted by molar-refractivity contribution is 0.102. The highest BCUT2D eigenvalue weighted by Gasteiger charge is 2.10. The van der Waals surface area contributed by atoms with Gasteiger partial charge in [0.05, 0.1) is 23.1 Å². The Morgan fingerprint density at radius 2 is 1.79 bits per heavy atom. The van der Waals surface area contributed by atoms with Crippen molar-refractivity contribution in [2.45, 2.75) is 6.92 Å². The maximum atomic E-state index is 12.6. The second-order valence-electron chi connectivity index (χ2n) is 6.36. The minimum Gasteiger partial charge on any atom is -0.354 e. The van der Waals surface area contributed by atoms with Crippen LogP contribution in [0.25, 0.3) is 10.9 Å². The van der Waals surface area contributed by atoms with Crippen molar-refractivity contribution >= 4 is 45.5 Å². The maximum Gasteiger partial charge on any atom is 0.274 e.